The van der Waals surface area contributed by atoms with Gasteiger partial charge in [-0.3, -0.25) is 0 Å². The fourth-order valence-corrected chi connectivity index (χ4v) is 8.58. The fraction of sp³-hybridized carbons (Fsp3) is 0. The molecule has 0 unspecified atom stereocenters. The SMILES string of the molecule is c1ccc(-c2ccc(N(c3ccccc3)c3ccc(-c4c5nc(-c6ccccc6)oc5cc5sc6ccccc6c45)c(-c4ccccc4)c3)cc2)cc1. The van der Waals surface area contributed by atoms with Gasteiger partial charge in [0.25, 0.3) is 0 Å². The molecule has 0 fully saturated rings. The van der Waals surface area contributed by atoms with Crippen molar-refractivity contribution in [3.63, 3.8) is 0 Å². The Morgan fingerprint density at radius 2 is 1.00 bits per heavy atom. The van der Waals surface area contributed by atoms with Gasteiger partial charge in [-0.15, -0.1) is 11.3 Å². The zero-order valence-corrected chi connectivity index (χ0v) is 29.5. The van der Waals surface area contributed by atoms with Crippen LogP contribution >= 0.6 is 11.3 Å². The van der Waals surface area contributed by atoms with Gasteiger partial charge in [0.15, 0.2) is 5.58 Å². The van der Waals surface area contributed by atoms with Gasteiger partial charge in [-0.25, -0.2) is 4.98 Å². The number of aromatic nitrogens is 1. The topological polar surface area (TPSA) is 29.3 Å². The Bertz CT molecular complexity index is 2860. The van der Waals surface area contributed by atoms with E-state index >= 15 is 0 Å². The van der Waals surface area contributed by atoms with E-state index in [1.54, 1.807) is 11.3 Å². The molecule has 0 N–H and O–H groups in total. The maximum Gasteiger partial charge on any atom is 0.227 e. The monoisotopic (exact) mass is 696 g/mol. The second-order valence-corrected chi connectivity index (χ2v) is 14.2. The normalized spacial score (nSPS) is 11.4. The molecule has 10 aromatic rings. The van der Waals surface area contributed by atoms with Crippen molar-refractivity contribution in [1.82, 2.24) is 4.98 Å². The molecule has 0 saturated carbocycles. The van der Waals surface area contributed by atoms with Crippen LogP contribution in [0.2, 0.25) is 0 Å². The molecule has 4 heteroatoms. The van der Waals surface area contributed by atoms with Gasteiger partial charge >= 0.3 is 0 Å². The lowest BCUT2D eigenvalue weighted by atomic mass is 9.90. The van der Waals surface area contributed by atoms with E-state index in [1.165, 1.54) is 31.3 Å². The van der Waals surface area contributed by atoms with E-state index in [1.807, 2.05) is 18.2 Å². The van der Waals surface area contributed by atoms with Gasteiger partial charge < -0.3 is 9.32 Å². The number of hydrogen-bond acceptors (Lipinski definition) is 4. The van der Waals surface area contributed by atoms with E-state index < -0.39 is 0 Å². The standard InChI is InChI=1S/C49H32N2OS/c1-5-15-33(16-6-1)34-25-27-38(28-26-34)51(37-21-11-4-12-22-37)39-29-30-40(42(31-39)35-17-7-2-8-18-35)47-46-41-23-13-14-24-44(41)53-45(46)32-43-48(47)50-49(52-43)36-19-9-3-10-20-36/h1-32H. The average Bonchev–Trinajstić information content (AvgIpc) is 3.83. The summed E-state index contributed by atoms with van der Waals surface area (Å²) in [4.78, 5) is 7.58. The van der Waals surface area contributed by atoms with Crippen LogP contribution in [0.25, 0.3) is 76.1 Å². The number of nitrogens with zero attached hydrogens (tertiary/aromatic N) is 2. The molecule has 0 radical (unpaired) electrons. The molecule has 8 aromatic carbocycles. The molecule has 2 heterocycles. The molecular formula is C49H32N2OS. The summed E-state index contributed by atoms with van der Waals surface area (Å²) in [5.41, 5.74) is 12.7. The summed E-state index contributed by atoms with van der Waals surface area (Å²) in [5, 5.41) is 2.42. The summed E-state index contributed by atoms with van der Waals surface area (Å²) in [5.74, 6) is 0.621. The Morgan fingerprint density at radius 3 is 1.72 bits per heavy atom. The Kier molecular flexibility index (Phi) is 7.67. The molecule has 0 atom stereocenters. The number of rotatable bonds is 7. The third-order valence-corrected chi connectivity index (χ3v) is 11.0. The molecule has 10 rings (SSSR count). The fourth-order valence-electron chi connectivity index (χ4n) is 7.44. The van der Waals surface area contributed by atoms with Crippen LogP contribution in [0.3, 0.4) is 0 Å². The van der Waals surface area contributed by atoms with E-state index in [4.69, 9.17) is 9.40 Å². The average molecular weight is 697 g/mol. The second-order valence-electron chi connectivity index (χ2n) is 13.1. The highest BCUT2D eigenvalue weighted by Crippen LogP contribution is 2.49. The quantitative estimate of drug-likeness (QED) is 0.166. The van der Waals surface area contributed by atoms with Gasteiger partial charge in [0, 0.05) is 54.4 Å². The minimum atomic E-state index is 0.621. The van der Waals surface area contributed by atoms with Gasteiger partial charge in [-0.05, 0) is 82.4 Å². The van der Waals surface area contributed by atoms with E-state index in [0.29, 0.717) is 5.89 Å². The van der Waals surface area contributed by atoms with Crippen LogP contribution in [0.15, 0.2) is 199 Å². The van der Waals surface area contributed by atoms with Crippen LogP contribution < -0.4 is 4.90 Å². The Labute approximate surface area is 311 Å². The maximum absolute atomic E-state index is 6.57. The number of thiophene rings is 1. The smallest absolute Gasteiger partial charge is 0.227 e. The summed E-state index contributed by atoms with van der Waals surface area (Å²) in [6.45, 7) is 0. The highest BCUT2D eigenvalue weighted by atomic mass is 32.1. The van der Waals surface area contributed by atoms with Crippen molar-refractivity contribution >= 4 is 59.7 Å². The van der Waals surface area contributed by atoms with Crippen molar-refractivity contribution in [1.29, 1.82) is 0 Å². The molecule has 250 valence electrons. The molecule has 0 aliphatic rings. The summed E-state index contributed by atoms with van der Waals surface area (Å²) < 4.78 is 8.99. The maximum atomic E-state index is 6.57. The second kappa shape index (κ2) is 13.1. The number of anilines is 3. The van der Waals surface area contributed by atoms with E-state index in [9.17, 15) is 0 Å². The zero-order chi connectivity index (χ0) is 35.1. The van der Waals surface area contributed by atoms with Gasteiger partial charge in [0.1, 0.15) is 5.52 Å². The molecule has 0 bridgehead atoms. The lowest BCUT2D eigenvalue weighted by molar-refractivity contribution is 0.620. The van der Waals surface area contributed by atoms with Gasteiger partial charge in [0.05, 0.1) is 0 Å². The first-order chi connectivity index (χ1) is 26.3. The predicted octanol–water partition coefficient (Wildman–Crippen LogP) is 14.3. The van der Waals surface area contributed by atoms with Crippen molar-refractivity contribution in [2.24, 2.45) is 0 Å². The molecule has 53 heavy (non-hydrogen) atoms. The van der Waals surface area contributed by atoms with E-state index in [2.05, 4.69) is 181 Å². The molecule has 0 amide bonds. The van der Waals surface area contributed by atoms with Gasteiger partial charge in [0.2, 0.25) is 5.89 Å². The first-order valence-electron chi connectivity index (χ1n) is 17.8. The van der Waals surface area contributed by atoms with Crippen molar-refractivity contribution in [3.8, 4) is 44.8 Å². The molecular weight excluding hydrogens is 665 g/mol. The Balaban J connectivity index is 1.23. The number of oxazole rings is 1. The Morgan fingerprint density at radius 1 is 0.434 bits per heavy atom. The number of fused-ring (bicyclic) bond motifs is 4. The molecule has 0 spiro atoms. The first kappa shape index (κ1) is 31.0. The van der Waals surface area contributed by atoms with Crippen LogP contribution in [0.1, 0.15) is 0 Å². The van der Waals surface area contributed by atoms with Crippen molar-refractivity contribution in [2.45, 2.75) is 0 Å². The highest BCUT2D eigenvalue weighted by Gasteiger charge is 2.24. The summed E-state index contributed by atoms with van der Waals surface area (Å²) in [6.07, 6.45) is 0. The zero-order valence-electron chi connectivity index (χ0n) is 28.7. The number of hydrogen-bond donors (Lipinski definition) is 0. The highest BCUT2D eigenvalue weighted by molar-refractivity contribution is 7.26. The van der Waals surface area contributed by atoms with Crippen molar-refractivity contribution < 1.29 is 4.42 Å². The van der Waals surface area contributed by atoms with Gasteiger partial charge in [-0.1, -0.05) is 133 Å². The van der Waals surface area contributed by atoms with Crippen LogP contribution in [-0.2, 0) is 0 Å². The van der Waals surface area contributed by atoms with E-state index in [0.717, 1.165) is 56.0 Å². The lowest BCUT2D eigenvalue weighted by Gasteiger charge is -2.27. The van der Waals surface area contributed by atoms with E-state index in [-0.39, 0.29) is 0 Å². The van der Waals surface area contributed by atoms with Gasteiger partial charge in [-0.2, -0.15) is 0 Å². The van der Waals surface area contributed by atoms with Crippen LogP contribution in [0.5, 0.6) is 0 Å². The lowest BCUT2D eigenvalue weighted by Crippen LogP contribution is -2.10. The molecule has 3 nitrogen and oxygen atoms in total. The third kappa shape index (κ3) is 5.57. The molecule has 0 saturated heterocycles. The minimum Gasteiger partial charge on any atom is -0.436 e. The van der Waals surface area contributed by atoms with Crippen LogP contribution in [0.4, 0.5) is 17.1 Å². The Hall–Kier alpha value is -6.75. The van der Waals surface area contributed by atoms with Crippen LogP contribution in [0, 0.1) is 0 Å². The summed E-state index contributed by atoms with van der Waals surface area (Å²) >= 11 is 1.80. The third-order valence-electron chi connectivity index (χ3n) is 9.91. The number of benzene rings is 8. The number of para-hydroxylation sites is 1. The molecule has 2 aromatic heterocycles. The van der Waals surface area contributed by atoms with Crippen molar-refractivity contribution in [3.05, 3.63) is 194 Å². The summed E-state index contributed by atoms with van der Waals surface area (Å²) in [7, 11) is 0. The van der Waals surface area contributed by atoms with Crippen LogP contribution in [-0.4, -0.2) is 4.98 Å². The molecule has 0 aliphatic carbocycles. The van der Waals surface area contributed by atoms with Crippen molar-refractivity contribution in [2.75, 3.05) is 4.90 Å². The molecule has 0 aliphatic heterocycles. The predicted molar refractivity (Wildman–Crippen MR) is 223 cm³/mol. The minimum absolute atomic E-state index is 0.621. The summed E-state index contributed by atoms with van der Waals surface area (Å²) in [6, 6.07) is 68.6. The first-order valence-corrected chi connectivity index (χ1v) is 18.6. The largest absolute Gasteiger partial charge is 0.436 e.